The molecule has 1 aliphatic heterocycles. The Balaban J connectivity index is 0. The summed E-state index contributed by atoms with van der Waals surface area (Å²) in [5.41, 5.74) is 5.53. The number of hydrogen-bond acceptors (Lipinski definition) is 7. The standard InChI is InChI=1S/C14H23N7O3.3BrH/c1-18-7-9-19(10-8-18)5-2-6-20(14(15)16)17-11-12-3-4-13(24-12)21(22)23;;;/h3-4,11H,2,5-10H2,1H3,(H3,15,16);3*1H/b17-11-;;;. The van der Waals surface area contributed by atoms with Crippen LogP contribution in [0.25, 0.3) is 0 Å². The molecule has 2 heterocycles. The van der Waals surface area contributed by atoms with Crippen molar-refractivity contribution in [3.63, 3.8) is 0 Å². The Morgan fingerprint density at radius 2 is 2.00 bits per heavy atom. The maximum atomic E-state index is 10.6. The van der Waals surface area contributed by atoms with E-state index < -0.39 is 4.92 Å². The summed E-state index contributed by atoms with van der Waals surface area (Å²) in [5.74, 6) is -0.279. The van der Waals surface area contributed by atoms with Crippen LogP contribution < -0.4 is 5.73 Å². The largest absolute Gasteiger partial charge is 0.433 e. The SMILES string of the molecule is Br.Br.Br.CN1CCN(CCCN(/N=C\c2ccc([N+](=O)[O-])o2)C(=N)N)CC1. The number of nitrogens with one attached hydrogen (secondary N) is 1. The monoisotopic (exact) mass is 577 g/mol. The quantitative estimate of drug-likeness (QED) is 0.219. The van der Waals surface area contributed by atoms with Gasteiger partial charge >= 0.3 is 5.88 Å². The van der Waals surface area contributed by atoms with Crippen molar-refractivity contribution in [2.45, 2.75) is 6.42 Å². The van der Waals surface area contributed by atoms with Gasteiger partial charge in [-0.05, 0) is 19.5 Å². The van der Waals surface area contributed by atoms with Gasteiger partial charge in [-0.3, -0.25) is 15.5 Å². The number of hydrazone groups is 1. The first kappa shape index (κ1) is 28.2. The Labute approximate surface area is 189 Å². The van der Waals surface area contributed by atoms with Crippen molar-refractivity contribution in [2.75, 3.05) is 46.3 Å². The van der Waals surface area contributed by atoms with Crippen LogP contribution in [0.5, 0.6) is 0 Å². The topological polar surface area (TPSA) is 128 Å². The van der Waals surface area contributed by atoms with Crippen molar-refractivity contribution in [1.29, 1.82) is 5.41 Å². The number of hydrogen-bond donors (Lipinski definition) is 2. The zero-order valence-electron chi connectivity index (χ0n) is 14.9. The first-order valence-corrected chi connectivity index (χ1v) is 7.76. The first-order valence-electron chi connectivity index (χ1n) is 7.76. The molecule has 0 aromatic carbocycles. The van der Waals surface area contributed by atoms with Crippen LogP contribution in [0.4, 0.5) is 5.88 Å². The highest BCUT2D eigenvalue weighted by molar-refractivity contribution is 8.93. The van der Waals surface area contributed by atoms with E-state index in [1.807, 2.05) is 0 Å². The van der Waals surface area contributed by atoms with Gasteiger partial charge in [-0.25, -0.2) is 5.01 Å². The second kappa shape index (κ2) is 14.0. The molecule has 1 saturated heterocycles. The van der Waals surface area contributed by atoms with Gasteiger partial charge in [0, 0.05) is 39.3 Å². The van der Waals surface area contributed by atoms with Gasteiger partial charge < -0.3 is 20.0 Å². The average molecular weight is 580 g/mol. The van der Waals surface area contributed by atoms with E-state index in [1.54, 1.807) is 0 Å². The molecule has 27 heavy (non-hydrogen) atoms. The number of furan rings is 1. The summed E-state index contributed by atoms with van der Waals surface area (Å²) >= 11 is 0. The van der Waals surface area contributed by atoms with E-state index in [2.05, 4.69) is 21.9 Å². The highest BCUT2D eigenvalue weighted by atomic mass is 79.9. The van der Waals surface area contributed by atoms with Gasteiger partial charge in [0.25, 0.3) is 0 Å². The highest BCUT2D eigenvalue weighted by Gasteiger charge is 2.14. The fraction of sp³-hybridized carbons (Fsp3) is 0.571. The maximum Gasteiger partial charge on any atom is 0.433 e. The molecule has 0 amide bonds. The minimum Gasteiger partial charge on any atom is -0.400 e. The molecule has 1 aromatic rings. The van der Waals surface area contributed by atoms with Crippen molar-refractivity contribution in [3.05, 3.63) is 28.0 Å². The fourth-order valence-electron chi connectivity index (χ4n) is 2.39. The van der Waals surface area contributed by atoms with Crippen LogP contribution >= 0.6 is 50.9 Å². The number of likely N-dealkylation sites (N-methyl/N-ethyl adjacent to an activating group) is 1. The second-order valence-electron chi connectivity index (χ2n) is 5.68. The molecule has 0 bridgehead atoms. The minimum absolute atomic E-state index is 0. The number of rotatable bonds is 7. The lowest BCUT2D eigenvalue weighted by Crippen LogP contribution is -2.45. The van der Waals surface area contributed by atoms with Crippen LogP contribution in [-0.4, -0.2) is 78.2 Å². The molecule has 156 valence electrons. The van der Waals surface area contributed by atoms with Crippen molar-refractivity contribution in [2.24, 2.45) is 10.8 Å². The van der Waals surface area contributed by atoms with Crippen LogP contribution in [0.2, 0.25) is 0 Å². The molecule has 10 nitrogen and oxygen atoms in total. The third kappa shape index (κ3) is 9.65. The lowest BCUT2D eigenvalue weighted by molar-refractivity contribution is -0.402. The van der Waals surface area contributed by atoms with Gasteiger partial charge in [-0.15, -0.1) is 50.9 Å². The van der Waals surface area contributed by atoms with Crippen LogP contribution in [0.1, 0.15) is 12.2 Å². The molecule has 0 unspecified atom stereocenters. The van der Waals surface area contributed by atoms with E-state index in [4.69, 9.17) is 15.6 Å². The Kier molecular flexibility index (Phi) is 14.7. The van der Waals surface area contributed by atoms with Gasteiger partial charge in [0.2, 0.25) is 5.96 Å². The summed E-state index contributed by atoms with van der Waals surface area (Å²) in [6.07, 6.45) is 2.14. The Bertz CT molecular complexity index is 607. The van der Waals surface area contributed by atoms with Crippen LogP contribution in [0, 0.1) is 15.5 Å². The molecule has 0 aliphatic carbocycles. The molecule has 0 radical (unpaired) electrons. The molecule has 3 N–H and O–H groups in total. The zero-order valence-corrected chi connectivity index (χ0v) is 20.1. The van der Waals surface area contributed by atoms with Gasteiger partial charge in [-0.2, -0.15) is 5.10 Å². The van der Waals surface area contributed by atoms with Crippen LogP contribution in [0.15, 0.2) is 21.7 Å². The van der Waals surface area contributed by atoms with E-state index >= 15 is 0 Å². The van der Waals surface area contributed by atoms with Gasteiger partial charge in [0.05, 0.1) is 12.3 Å². The second-order valence-corrected chi connectivity index (χ2v) is 5.68. The summed E-state index contributed by atoms with van der Waals surface area (Å²) in [6.45, 7) is 5.61. The predicted molar refractivity (Wildman–Crippen MR) is 121 cm³/mol. The Morgan fingerprint density at radius 3 is 2.52 bits per heavy atom. The zero-order chi connectivity index (χ0) is 17.5. The van der Waals surface area contributed by atoms with Crippen molar-refractivity contribution in [3.8, 4) is 0 Å². The molecule has 2 rings (SSSR count). The molecule has 1 aromatic heterocycles. The number of guanidine groups is 1. The molecular formula is C14H26Br3N7O3. The van der Waals surface area contributed by atoms with Crippen molar-refractivity contribution in [1.82, 2.24) is 14.8 Å². The van der Waals surface area contributed by atoms with E-state index in [-0.39, 0.29) is 68.5 Å². The van der Waals surface area contributed by atoms with E-state index in [9.17, 15) is 10.1 Å². The third-order valence-electron chi connectivity index (χ3n) is 3.84. The number of piperazine rings is 1. The predicted octanol–water partition coefficient (Wildman–Crippen LogP) is 2.09. The van der Waals surface area contributed by atoms with Crippen molar-refractivity contribution < 1.29 is 9.34 Å². The smallest absolute Gasteiger partial charge is 0.400 e. The normalized spacial score (nSPS) is 14.7. The molecular weight excluding hydrogens is 554 g/mol. The summed E-state index contributed by atoms with van der Waals surface area (Å²) < 4.78 is 4.99. The van der Waals surface area contributed by atoms with Gasteiger partial charge in [0.15, 0.2) is 5.76 Å². The average Bonchev–Trinajstić information content (AvgIpc) is 3.01. The molecule has 0 atom stereocenters. The number of nitrogens with zero attached hydrogens (tertiary/aromatic N) is 5. The van der Waals surface area contributed by atoms with Gasteiger partial charge in [0.1, 0.15) is 4.92 Å². The molecule has 13 heteroatoms. The molecule has 1 aliphatic rings. The molecule has 1 fully saturated rings. The Hall–Kier alpha value is -1.02. The summed E-state index contributed by atoms with van der Waals surface area (Å²) in [6, 6.07) is 2.71. The molecule has 0 saturated carbocycles. The fourth-order valence-corrected chi connectivity index (χ4v) is 2.39. The number of halogens is 3. The van der Waals surface area contributed by atoms with E-state index in [0.29, 0.717) is 6.54 Å². The number of nitro groups is 1. The van der Waals surface area contributed by atoms with Crippen LogP contribution in [-0.2, 0) is 0 Å². The minimum atomic E-state index is -0.615. The highest BCUT2D eigenvalue weighted by Crippen LogP contribution is 2.14. The van der Waals surface area contributed by atoms with E-state index in [0.717, 1.165) is 39.1 Å². The summed E-state index contributed by atoms with van der Waals surface area (Å²) in [4.78, 5) is 14.6. The van der Waals surface area contributed by atoms with E-state index in [1.165, 1.54) is 23.4 Å². The lowest BCUT2D eigenvalue weighted by atomic mass is 10.3. The van der Waals surface area contributed by atoms with Crippen molar-refractivity contribution >= 4 is 69.0 Å². The summed E-state index contributed by atoms with van der Waals surface area (Å²) in [5, 5.41) is 23.6. The summed E-state index contributed by atoms with van der Waals surface area (Å²) in [7, 11) is 2.11. The molecule has 0 spiro atoms. The van der Waals surface area contributed by atoms with Crippen LogP contribution in [0.3, 0.4) is 0 Å². The number of nitrogens with two attached hydrogens (primary N) is 1. The maximum absolute atomic E-state index is 10.6. The Morgan fingerprint density at radius 1 is 1.37 bits per heavy atom. The lowest BCUT2D eigenvalue weighted by Gasteiger charge is -2.32. The first-order chi connectivity index (χ1) is 11.5. The third-order valence-corrected chi connectivity index (χ3v) is 3.84. The van der Waals surface area contributed by atoms with Gasteiger partial charge in [-0.1, -0.05) is 0 Å².